The summed E-state index contributed by atoms with van der Waals surface area (Å²) in [5.74, 6) is -0.403. The molecule has 7 nitrogen and oxygen atoms in total. The zero-order valence-corrected chi connectivity index (χ0v) is 15.7. The van der Waals surface area contributed by atoms with Crippen LogP contribution in [0.2, 0.25) is 0 Å². The number of hydrogen-bond acceptors (Lipinski definition) is 5. The minimum absolute atomic E-state index is 0.00152. The summed E-state index contributed by atoms with van der Waals surface area (Å²) in [7, 11) is 0.807. The van der Waals surface area contributed by atoms with Crippen LogP contribution >= 0.6 is 0 Å². The molecule has 1 aromatic carbocycles. The average molecular weight is 361 g/mol. The van der Waals surface area contributed by atoms with Crippen molar-refractivity contribution >= 4 is 24.4 Å². The SMILES string of the molecule is CCCCNC(=O)CN(C(=O)c1ccc2c(c1)B(O)OC2)C(C)CNC. The van der Waals surface area contributed by atoms with Crippen LogP contribution in [0.25, 0.3) is 0 Å². The van der Waals surface area contributed by atoms with Gasteiger partial charge in [-0.25, -0.2) is 0 Å². The van der Waals surface area contributed by atoms with Crippen LogP contribution in [-0.2, 0) is 16.1 Å². The molecule has 8 heteroatoms. The van der Waals surface area contributed by atoms with Crippen LogP contribution in [0.3, 0.4) is 0 Å². The third-order valence-electron chi connectivity index (χ3n) is 4.51. The lowest BCUT2D eigenvalue weighted by molar-refractivity contribution is -0.122. The van der Waals surface area contributed by atoms with Gasteiger partial charge >= 0.3 is 7.12 Å². The number of nitrogens with zero attached hydrogens (tertiary/aromatic N) is 1. The van der Waals surface area contributed by atoms with Crippen molar-refractivity contribution < 1.29 is 19.3 Å². The van der Waals surface area contributed by atoms with E-state index in [-0.39, 0.29) is 24.4 Å². The Bertz CT molecular complexity index is 641. The van der Waals surface area contributed by atoms with Crippen molar-refractivity contribution in [3.05, 3.63) is 29.3 Å². The van der Waals surface area contributed by atoms with E-state index in [2.05, 4.69) is 17.6 Å². The molecule has 1 aromatic rings. The van der Waals surface area contributed by atoms with Crippen molar-refractivity contribution in [1.82, 2.24) is 15.5 Å². The van der Waals surface area contributed by atoms with Crippen LogP contribution in [0.4, 0.5) is 0 Å². The second kappa shape index (κ2) is 9.71. The van der Waals surface area contributed by atoms with Crippen LogP contribution in [-0.4, -0.2) is 61.6 Å². The van der Waals surface area contributed by atoms with E-state index in [9.17, 15) is 14.6 Å². The van der Waals surface area contributed by atoms with Gasteiger partial charge in [-0.05, 0) is 43.6 Å². The Hall–Kier alpha value is -1.90. The summed E-state index contributed by atoms with van der Waals surface area (Å²) in [5, 5.41) is 15.8. The largest absolute Gasteiger partial charge is 0.491 e. The van der Waals surface area contributed by atoms with E-state index in [1.165, 1.54) is 0 Å². The smallest absolute Gasteiger partial charge is 0.423 e. The molecule has 1 atom stereocenters. The highest BCUT2D eigenvalue weighted by atomic mass is 16.5. The summed E-state index contributed by atoms with van der Waals surface area (Å²) in [4.78, 5) is 26.8. The normalized spacial score (nSPS) is 14.1. The number of likely N-dealkylation sites (N-methyl/N-ethyl adjacent to an activating group) is 1. The Balaban J connectivity index is 2.15. The number of carbonyl (C=O) groups excluding carboxylic acids is 2. The van der Waals surface area contributed by atoms with Crippen LogP contribution in [0.15, 0.2) is 18.2 Å². The Labute approximate surface area is 155 Å². The van der Waals surface area contributed by atoms with Crippen LogP contribution in [0.5, 0.6) is 0 Å². The molecule has 26 heavy (non-hydrogen) atoms. The third-order valence-corrected chi connectivity index (χ3v) is 4.51. The molecule has 0 radical (unpaired) electrons. The molecule has 142 valence electrons. The molecular weight excluding hydrogens is 333 g/mol. The zero-order valence-electron chi connectivity index (χ0n) is 15.7. The van der Waals surface area contributed by atoms with E-state index in [4.69, 9.17) is 4.65 Å². The van der Waals surface area contributed by atoms with Crippen LogP contribution in [0.1, 0.15) is 42.6 Å². The Kier molecular flexibility index (Phi) is 7.62. The topological polar surface area (TPSA) is 90.9 Å². The number of unbranched alkanes of at least 4 members (excludes halogenated alkanes) is 1. The summed E-state index contributed by atoms with van der Waals surface area (Å²) in [5.41, 5.74) is 1.93. The second-order valence-electron chi connectivity index (χ2n) is 6.62. The first kappa shape index (κ1) is 20.4. The van der Waals surface area contributed by atoms with E-state index >= 15 is 0 Å². The minimum atomic E-state index is -1.00. The standard InChI is InChI=1S/C18H28BN3O4/c1-4-5-8-21-17(23)11-22(13(2)10-20-3)18(24)14-6-7-15-12-26-19(25)16(15)9-14/h6-7,9,13,20,25H,4-5,8,10-12H2,1-3H3,(H,21,23). The number of fused-ring (bicyclic) bond motifs is 1. The molecule has 0 aromatic heterocycles. The number of nitrogens with one attached hydrogen (secondary N) is 2. The van der Waals surface area contributed by atoms with Crippen molar-refractivity contribution in [2.45, 2.75) is 39.3 Å². The highest BCUT2D eigenvalue weighted by molar-refractivity contribution is 6.61. The maximum Gasteiger partial charge on any atom is 0.491 e. The quantitative estimate of drug-likeness (QED) is 0.421. The molecule has 0 bridgehead atoms. The van der Waals surface area contributed by atoms with Gasteiger partial charge in [-0.3, -0.25) is 9.59 Å². The maximum atomic E-state index is 13.0. The summed E-state index contributed by atoms with van der Waals surface area (Å²) in [6.45, 7) is 5.49. The molecule has 3 N–H and O–H groups in total. The molecule has 0 aliphatic carbocycles. The Morgan fingerprint density at radius 1 is 1.42 bits per heavy atom. The zero-order chi connectivity index (χ0) is 19.1. The Morgan fingerprint density at radius 2 is 2.19 bits per heavy atom. The van der Waals surface area contributed by atoms with E-state index in [0.717, 1.165) is 18.4 Å². The van der Waals surface area contributed by atoms with Gasteiger partial charge in [0.25, 0.3) is 5.91 Å². The summed E-state index contributed by atoms with van der Waals surface area (Å²) < 4.78 is 5.18. The van der Waals surface area contributed by atoms with Gasteiger partial charge < -0.3 is 25.2 Å². The second-order valence-corrected chi connectivity index (χ2v) is 6.62. The van der Waals surface area contributed by atoms with E-state index in [1.54, 1.807) is 23.1 Å². The first-order valence-electron chi connectivity index (χ1n) is 9.12. The number of benzene rings is 1. The van der Waals surface area contributed by atoms with Gasteiger partial charge in [0.15, 0.2) is 0 Å². The van der Waals surface area contributed by atoms with Crippen LogP contribution in [0, 0.1) is 0 Å². The molecular formula is C18H28BN3O4. The van der Waals surface area contributed by atoms with Gasteiger partial charge in [0.05, 0.1) is 6.61 Å². The lowest BCUT2D eigenvalue weighted by Gasteiger charge is -2.29. The predicted molar refractivity (Wildman–Crippen MR) is 101 cm³/mol. The van der Waals surface area contributed by atoms with Crippen molar-refractivity contribution in [1.29, 1.82) is 0 Å². The molecule has 1 heterocycles. The van der Waals surface area contributed by atoms with Gasteiger partial charge in [0, 0.05) is 24.7 Å². The first-order valence-corrected chi connectivity index (χ1v) is 9.12. The molecule has 1 unspecified atom stereocenters. The molecule has 1 aliphatic heterocycles. The van der Waals surface area contributed by atoms with Crippen molar-refractivity contribution in [2.75, 3.05) is 26.7 Å². The van der Waals surface area contributed by atoms with E-state index < -0.39 is 7.12 Å². The van der Waals surface area contributed by atoms with E-state index in [0.29, 0.717) is 30.7 Å². The first-order chi connectivity index (χ1) is 12.5. The molecule has 0 saturated carbocycles. The van der Waals surface area contributed by atoms with Crippen molar-refractivity contribution in [3.63, 3.8) is 0 Å². The molecule has 0 saturated heterocycles. The molecule has 2 amide bonds. The Morgan fingerprint density at radius 3 is 2.88 bits per heavy atom. The number of hydrogen-bond donors (Lipinski definition) is 3. The minimum Gasteiger partial charge on any atom is -0.423 e. The number of amides is 2. The monoisotopic (exact) mass is 361 g/mol. The maximum absolute atomic E-state index is 13.0. The molecule has 0 spiro atoms. The number of rotatable bonds is 9. The fraction of sp³-hybridized carbons (Fsp3) is 0.556. The van der Waals surface area contributed by atoms with Gasteiger partial charge in [-0.1, -0.05) is 19.4 Å². The van der Waals surface area contributed by atoms with Crippen LogP contribution < -0.4 is 16.1 Å². The van der Waals surface area contributed by atoms with Crippen molar-refractivity contribution in [2.24, 2.45) is 0 Å². The summed E-state index contributed by atoms with van der Waals surface area (Å²) in [6, 6.07) is 5.01. The fourth-order valence-electron chi connectivity index (χ4n) is 2.96. The fourth-order valence-corrected chi connectivity index (χ4v) is 2.96. The third kappa shape index (κ3) is 5.06. The van der Waals surface area contributed by atoms with Gasteiger partial charge in [0.2, 0.25) is 5.91 Å². The summed E-state index contributed by atoms with van der Waals surface area (Å²) in [6.07, 6.45) is 1.91. The molecule has 1 aliphatic rings. The number of carbonyl (C=O) groups is 2. The molecule has 2 rings (SSSR count). The van der Waals surface area contributed by atoms with Gasteiger partial charge in [-0.15, -0.1) is 0 Å². The molecule has 0 fully saturated rings. The average Bonchev–Trinajstić information content (AvgIpc) is 3.00. The lowest BCUT2D eigenvalue weighted by Crippen LogP contribution is -2.48. The predicted octanol–water partition coefficient (Wildman–Crippen LogP) is -0.129. The highest BCUT2D eigenvalue weighted by Crippen LogP contribution is 2.14. The van der Waals surface area contributed by atoms with Gasteiger partial charge in [-0.2, -0.15) is 0 Å². The van der Waals surface area contributed by atoms with E-state index in [1.807, 2.05) is 14.0 Å². The summed E-state index contributed by atoms with van der Waals surface area (Å²) >= 11 is 0. The van der Waals surface area contributed by atoms with Gasteiger partial charge in [0.1, 0.15) is 6.54 Å². The lowest BCUT2D eigenvalue weighted by atomic mass is 9.78. The highest BCUT2D eigenvalue weighted by Gasteiger charge is 2.30. The van der Waals surface area contributed by atoms with Crippen molar-refractivity contribution in [3.8, 4) is 0 Å².